The highest BCUT2D eigenvalue weighted by Gasteiger charge is 2.19. The van der Waals surface area contributed by atoms with Crippen molar-refractivity contribution in [1.29, 1.82) is 0 Å². The van der Waals surface area contributed by atoms with Gasteiger partial charge in [-0.1, -0.05) is 18.6 Å². The van der Waals surface area contributed by atoms with Crippen molar-refractivity contribution in [2.24, 2.45) is 0 Å². The maximum absolute atomic E-state index is 11.8. The lowest BCUT2D eigenvalue weighted by Crippen LogP contribution is -2.18. The van der Waals surface area contributed by atoms with Crippen LogP contribution in [0.2, 0.25) is 0 Å². The molecular weight excluding hydrogens is 264 g/mol. The first-order valence-electron chi connectivity index (χ1n) is 5.68. The molecule has 0 spiro atoms. The van der Waals surface area contributed by atoms with Gasteiger partial charge in [0, 0.05) is 0 Å². The molecule has 6 heteroatoms. The molecule has 0 saturated carbocycles. The first kappa shape index (κ1) is 15.2. The van der Waals surface area contributed by atoms with E-state index in [9.17, 15) is 14.4 Å². The van der Waals surface area contributed by atoms with E-state index in [1.54, 1.807) is 13.0 Å². The van der Waals surface area contributed by atoms with E-state index >= 15 is 0 Å². The molecule has 0 unspecified atom stereocenters. The summed E-state index contributed by atoms with van der Waals surface area (Å²) >= 11 is 0. The predicted octanol–water partition coefficient (Wildman–Crippen LogP) is 1.15. The summed E-state index contributed by atoms with van der Waals surface area (Å²) in [5.74, 6) is -2.37. The van der Waals surface area contributed by atoms with Gasteiger partial charge in [-0.05, 0) is 19.1 Å². The van der Waals surface area contributed by atoms with Crippen LogP contribution in [-0.2, 0) is 19.0 Å². The predicted molar refractivity (Wildman–Crippen MR) is 67.6 cm³/mol. The fourth-order valence-electron chi connectivity index (χ4n) is 1.35. The summed E-state index contributed by atoms with van der Waals surface area (Å²) in [6.45, 7) is 1.28. The third-order valence-corrected chi connectivity index (χ3v) is 2.14. The Morgan fingerprint density at radius 3 is 2.25 bits per heavy atom. The molecule has 104 valence electrons. The quantitative estimate of drug-likeness (QED) is 0.456. The smallest absolute Gasteiger partial charge is 0.352 e. The third-order valence-electron chi connectivity index (χ3n) is 2.14. The minimum Gasteiger partial charge on any atom is -0.463 e. The standard InChI is InChI=1S/C14H12O6/c1-3-18-12(15)9-20-14(17)11-8-6-5-7-10(11)13(16)19-4-2/h2,5-8H,3,9H2,1H3. The molecule has 1 aromatic rings. The van der Waals surface area contributed by atoms with Gasteiger partial charge in [0.1, 0.15) is 6.11 Å². The molecular formula is C14H12O6. The summed E-state index contributed by atoms with van der Waals surface area (Å²) in [5.41, 5.74) is -0.0867. The summed E-state index contributed by atoms with van der Waals surface area (Å²) < 4.78 is 13.7. The number of ether oxygens (including phenoxy) is 3. The van der Waals surface area contributed by atoms with Crippen LogP contribution in [0.3, 0.4) is 0 Å². The van der Waals surface area contributed by atoms with Crippen LogP contribution in [0.5, 0.6) is 0 Å². The number of benzene rings is 1. The van der Waals surface area contributed by atoms with Crippen LogP contribution in [0.4, 0.5) is 0 Å². The lowest BCUT2D eigenvalue weighted by molar-refractivity contribution is -0.146. The van der Waals surface area contributed by atoms with Gasteiger partial charge in [-0.2, -0.15) is 0 Å². The molecule has 0 aromatic heterocycles. The fourth-order valence-corrected chi connectivity index (χ4v) is 1.35. The van der Waals surface area contributed by atoms with Crippen molar-refractivity contribution in [2.45, 2.75) is 6.92 Å². The highest BCUT2D eigenvalue weighted by atomic mass is 16.6. The average molecular weight is 276 g/mol. The second kappa shape index (κ2) is 7.59. The number of carbonyl (C=O) groups excluding carboxylic acids is 3. The van der Waals surface area contributed by atoms with Crippen LogP contribution in [0.25, 0.3) is 0 Å². The van der Waals surface area contributed by atoms with Crippen LogP contribution in [0, 0.1) is 12.5 Å². The summed E-state index contributed by atoms with van der Waals surface area (Å²) in [7, 11) is 0. The van der Waals surface area contributed by atoms with Crippen molar-refractivity contribution >= 4 is 17.9 Å². The van der Waals surface area contributed by atoms with E-state index in [-0.39, 0.29) is 17.7 Å². The second-order valence-corrected chi connectivity index (χ2v) is 3.43. The topological polar surface area (TPSA) is 78.9 Å². The molecule has 0 N–H and O–H groups in total. The SMILES string of the molecule is C#COC(=O)c1ccccc1C(=O)OCC(=O)OCC. The maximum atomic E-state index is 11.8. The van der Waals surface area contributed by atoms with Crippen LogP contribution in [0.15, 0.2) is 24.3 Å². The van der Waals surface area contributed by atoms with Crippen molar-refractivity contribution in [2.75, 3.05) is 13.2 Å². The molecule has 6 nitrogen and oxygen atoms in total. The summed E-state index contributed by atoms with van der Waals surface area (Å²) in [4.78, 5) is 34.4. The Kier molecular flexibility index (Phi) is 5.78. The van der Waals surface area contributed by atoms with Gasteiger partial charge < -0.3 is 14.2 Å². The number of carbonyl (C=O) groups is 3. The average Bonchev–Trinajstić information content (AvgIpc) is 2.45. The monoisotopic (exact) mass is 276 g/mol. The number of hydrogen-bond acceptors (Lipinski definition) is 6. The van der Waals surface area contributed by atoms with Gasteiger partial charge in [0.05, 0.1) is 17.7 Å². The molecule has 0 radical (unpaired) electrons. The van der Waals surface area contributed by atoms with E-state index in [2.05, 4.69) is 9.47 Å². The van der Waals surface area contributed by atoms with Crippen molar-refractivity contribution in [1.82, 2.24) is 0 Å². The molecule has 20 heavy (non-hydrogen) atoms. The first-order chi connectivity index (χ1) is 9.60. The Morgan fingerprint density at radius 2 is 1.70 bits per heavy atom. The Balaban J connectivity index is 2.81. The van der Waals surface area contributed by atoms with E-state index in [0.29, 0.717) is 0 Å². The van der Waals surface area contributed by atoms with Crippen LogP contribution in [0.1, 0.15) is 27.6 Å². The van der Waals surface area contributed by atoms with Gasteiger partial charge in [0.25, 0.3) is 0 Å². The second-order valence-electron chi connectivity index (χ2n) is 3.43. The summed E-state index contributed by atoms with van der Waals surface area (Å²) in [6, 6.07) is 5.80. The summed E-state index contributed by atoms with van der Waals surface area (Å²) in [6.07, 6.45) is 6.58. The highest BCUT2D eigenvalue weighted by Crippen LogP contribution is 2.11. The molecule has 1 aromatic carbocycles. The van der Waals surface area contributed by atoms with Crippen LogP contribution >= 0.6 is 0 Å². The summed E-state index contributed by atoms with van der Waals surface area (Å²) in [5, 5.41) is 0. The Hall–Kier alpha value is -2.81. The molecule has 0 saturated heterocycles. The third kappa shape index (κ3) is 4.14. The van der Waals surface area contributed by atoms with Gasteiger partial charge in [-0.3, -0.25) is 0 Å². The number of terminal acetylenes is 1. The van der Waals surface area contributed by atoms with Gasteiger partial charge in [0.15, 0.2) is 6.61 Å². The minimum atomic E-state index is -0.851. The maximum Gasteiger partial charge on any atom is 0.352 e. The van der Waals surface area contributed by atoms with E-state index in [1.165, 1.54) is 24.3 Å². The molecule has 1 rings (SSSR count). The Labute approximate surface area is 115 Å². The molecule has 0 amide bonds. The first-order valence-corrected chi connectivity index (χ1v) is 5.68. The molecule has 0 aliphatic rings. The van der Waals surface area contributed by atoms with E-state index in [4.69, 9.17) is 11.2 Å². The largest absolute Gasteiger partial charge is 0.463 e. The van der Waals surface area contributed by atoms with Crippen molar-refractivity contribution in [3.8, 4) is 12.5 Å². The van der Waals surface area contributed by atoms with Crippen LogP contribution in [-0.4, -0.2) is 31.1 Å². The number of esters is 3. The van der Waals surface area contributed by atoms with Crippen molar-refractivity contribution in [3.63, 3.8) is 0 Å². The Bertz CT molecular complexity index is 555. The molecule has 0 aliphatic carbocycles. The molecule has 0 fully saturated rings. The van der Waals surface area contributed by atoms with Crippen molar-refractivity contribution in [3.05, 3.63) is 35.4 Å². The Morgan fingerprint density at radius 1 is 1.10 bits per heavy atom. The van der Waals surface area contributed by atoms with E-state index < -0.39 is 24.5 Å². The lowest BCUT2D eigenvalue weighted by atomic mass is 10.1. The number of hydrogen-bond donors (Lipinski definition) is 0. The highest BCUT2D eigenvalue weighted by molar-refractivity contribution is 6.03. The van der Waals surface area contributed by atoms with E-state index in [0.717, 1.165) is 0 Å². The molecule has 0 heterocycles. The van der Waals surface area contributed by atoms with Crippen molar-refractivity contribution < 1.29 is 28.6 Å². The molecule has 0 bridgehead atoms. The zero-order chi connectivity index (χ0) is 15.0. The zero-order valence-electron chi connectivity index (χ0n) is 10.8. The zero-order valence-corrected chi connectivity index (χ0v) is 10.8. The van der Waals surface area contributed by atoms with Gasteiger partial charge in [-0.15, -0.1) is 0 Å². The van der Waals surface area contributed by atoms with Crippen LogP contribution < -0.4 is 0 Å². The van der Waals surface area contributed by atoms with E-state index in [1.807, 2.05) is 0 Å². The normalized spacial score (nSPS) is 9.20. The minimum absolute atomic E-state index is 0.0423. The number of rotatable bonds is 5. The fraction of sp³-hybridized carbons (Fsp3) is 0.214. The lowest BCUT2D eigenvalue weighted by Gasteiger charge is -2.07. The van der Waals surface area contributed by atoms with Gasteiger partial charge in [-0.25, -0.2) is 14.4 Å². The molecule has 0 aliphatic heterocycles. The van der Waals surface area contributed by atoms with Gasteiger partial charge in [0.2, 0.25) is 0 Å². The van der Waals surface area contributed by atoms with Gasteiger partial charge >= 0.3 is 17.9 Å². The molecule has 0 atom stereocenters.